The second-order valence-electron chi connectivity index (χ2n) is 9.78. The molecule has 1 atom stereocenters. The summed E-state index contributed by atoms with van der Waals surface area (Å²) in [5.41, 5.74) is 2.25. The van der Waals surface area contributed by atoms with Crippen LogP contribution in [0.25, 0.3) is 0 Å². The molecule has 1 unspecified atom stereocenters. The van der Waals surface area contributed by atoms with Crippen LogP contribution in [0.1, 0.15) is 36.6 Å². The highest BCUT2D eigenvalue weighted by Gasteiger charge is 2.29. The minimum absolute atomic E-state index is 0.00687. The summed E-state index contributed by atoms with van der Waals surface area (Å²) in [5, 5.41) is 5.68. The third-order valence-electron chi connectivity index (χ3n) is 6.35. The maximum atomic E-state index is 13.7. The normalized spacial score (nSPS) is 11.9. The third-order valence-corrected chi connectivity index (χ3v) is 6.94. The van der Waals surface area contributed by atoms with Crippen LogP contribution in [0.15, 0.2) is 73.2 Å². The summed E-state index contributed by atoms with van der Waals surface area (Å²) in [5.74, 6) is -0.620. The molecule has 0 bridgehead atoms. The number of hydrogen-bond acceptors (Lipinski definition) is 6. The standard InChI is InChI=1S/C29H37N5O4S/c1-29(2,23-12-8-5-9-13-23)20-32-26(35)18-34(14-15-39-3)27(36)24(25-17-30-21-33-25)16-31-28(37)38-19-22-10-6-4-7-11-22/h4-13,17,21,24H,14-16,18-20H2,1-3H3,(H,30,33)(H,31,37)(H,32,35). The highest BCUT2D eigenvalue weighted by atomic mass is 32.2. The van der Waals surface area contributed by atoms with Crippen LogP contribution in [0, 0.1) is 0 Å². The Balaban J connectivity index is 1.62. The van der Waals surface area contributed by atoms with E-state index >= 15 is 0 Å². The molecule has 1 heterocycles. The van der Waals surface area contributed by atoms with Crippen molar-refractivity contribution < 1.29 is 19.1 Å². The van der Waals surface area contributed by atoms with Crippen LogP contribution in [0.4, 0.5) is 4.79 Å². The maximum Gasteiger partial charge on any atom is 0.407 e. The number of carbonyl (C=O) groups is 3. The molecule has 0 aliphatic heterocycles. The van der Waals surface area contributed by atoms with Crippen molar-refractivity contribution in [3.05, 3.63) is 90.0 Å². The molecule has 9 nitrogen and oxygen atoms in total. The van der Waals surface area contributed by atoms with Crippen LogP contribution in [0.5, 0.6) is 0 Å². The average molecular weight is 552 g/mol. The number of aromatic amines is 1. The van der Waals surface area contributed by atoms with Gasteiger partial charge in [0.15, 0.2) is 0 Å². The molecule has 2 aromatic carbocycles. The van der Waals surface area contributed by atoms with E-state index in [1.807, 2.05) is 66.9 Å². The Morgan fingerprint density at radius 2 is 1.74 bits per heavy atom. The van der Waals surface area contributed by atoms with E-state index in [2.05, 4.69) is 34.4 Å². The Hall–Kier alpha value is -3.79. The van der Waals surface area contributed by atoms with E-state index in [9.17, 15) is 14.4 Å². The molecule has 3 N–H and O–H groups in total. The number of alkyl carbamates (subject to hydrolysis) is 1. The van der Waals surface area contributed by atoms with Gasteiger partial charge >= 0.3 is 6.09 Å². The highest BCUT2D eigenvalue weighted by molar-refractivity contribution is 7.98. The van der Waals surface area contributed by atoms with Crippen molar-refractivity contribution in [3.63, 3.8) is 0 Å². The van der Waals surface area contributed by atoms with E-state index in [0.29, 0.717) is 24.5 Å². The molecule has 3 rings (SSSR count). The number of thioether (sulfide) groups is 1. The minimum Gasteiger partial charge on any atom is -0.445 e. The van der Waals surface area contributed by atoms with E-state index in [0.717, 1.165) is 11.1 Å². The van der Waals surface area contributed by atoms with Crippen molar-refractivity contribution in [2.45, 2.75) is 31.8 Å². The number of ether oxygens (including phenoxy) is 1. The highest BCUT2D eigenvalue weighted by Crippen LogP contribution is 2.22. The minimum atomic E-state index is -0.757. The summed E-state index contributed by atoms with van der Waals surface area (Å²) in [7, 11) is 0. The maximum absolute atomic E-state index is 13.7. The molecular formula is C29H37N5O4S. The lowest BCUT2D eigenvalue weighted by atomic mass is 9.84. The molecule has 39 heavy (non-hydrogen) atoms. The smallest absolute Gasteiger partial charge is 0.407 e. The molecule has 3 amide bonds. The molecule has 10 heteroatoms. The van der Waals surface area contributed by atoms with Crippen molar-refractivity contribution in [2.75, 3.05) is 38.2 Å². The summed E-state index contributed by atoms with van der Waals surface area (Å²) in [6.07, 6.45) is 4.34. The van der Waals surface area contributed by atoms with Gasteiger partial charge in [0.1, 0.15) is 6.61 Å². The fraction of sp³-hybridized carbons (Fsp3) is 0.379. The van der Waals surface area contributed by atoms with Gasteiger partial charge in [-0.25, -0.2) is 9.78 Å². The molecule has 0 saturated carbocycles. The van der Waals surface area contributed by atoms with Gasteiger partial charge in [0, 0.05) is 42.7 Å². The first kappa shape index (κ1) is 29.8. The Kier molecular flexibility index (Phi) is 11.4. The summed E-state index contributed by atoms with van der Waals surface area (Å²) in [6, 6.07) is 19.3. The van der Waals surface area contributed by atoms with Crippen LogP contribution in [-0.4, -0.2) is 71.0 Å². The Morgan fingerprint density at radius 1 is 1.05 bits per heavy atom. The number of aromatic nitrogens is 2. The number of nitrogens with zero attached hydrogens (tertiary/aromatic N) is 2. The monoisotopic (exact) mass is 551 g/mol. The molecule has 0 fully saturated rings. The predicted molar refractivity (Wildman–Crippen MR) is 153 cm³/mol. The van der Waals surface area contributed by atoms with Gasteiger partial charge in [-0.15, -0.1) is 0 Å². The number of H-pyrrole nitrogens is 1. The first-order valence-corrected chi connectivity index (χ1v) is 14.2. The lowest BCUT2D eigenvalue weighted by molar-refractivity contribution is -0.137. The second-order valence-corrected chi connectivity index (χ2v) is 10.8. The Morgan fingerprint density at radius 3 is 2.38 bits per heavy atom. The molecule has 0 radical (unpaired) electrons. The SMILES string of the molecule is CSCCN(CC(=O)NCC(C)(C)c1ccccc1)C(=O)C(CNC(=O)OCc1ccccc1)c1cnc[nH]1. The number of carbonyl (C=O) groups excluding carboxylic acids is 3. The van der Waals surface area contributed by atoms with Gasteiger partial charge in [-0.2, -0.15) is 11.8 Å². The van der Waals surface area contributed by atoms with E-state index in [1.54, 1.807) is 18.0 Å². The Bertz CT molecular complexity index is 1170. The van der Waals surface area contributed by atoms with E-state index in [1.165, 1.54) is 11.2 Å². The van der Waals surface area contributed by atoms with Crippen LogP contribution in [-0.2, 0) is 26.3 Å². The quantitative estimate of drug-likeness (QED) is 0.281. The molecule has 0 saturated heterocycles. The largest absolute Gasteiger partial charge is 0.445 e. The number of rotatable bonds is 14. The fourth-order valence-corrected chi connectivity index (χ4v) is 4.38. The fourth-order valence-electron chi connectivity index (χ4n) is 3.98. The zero-order valence-corrected chi connectivity index (χ0v) is 23.5. The van der Waals surface area contributed by atoms with E-state index in [4.69, 9.17) is 4.74 Å². The first-order chi connectivity index (χ1) is 18.8. The van der Waals surface area contributed by atoms with Crippen molar-refractivity contribution >= 4 is 29.7 Å². The summed E-state index contributed by atoms with van der Waals surface area (Å²) in [4.78, 5) is 47.6. The Labute approximate surface area is 234 Å². The van der Waals surface area contributed by atoms with Gasteiger partial charge in [-0.05, 0) is 17.4 Å². The summed E-state index contributed by atoms with van der Waals surface area (Å²) in [6.45, 7) is 4.97. The first-order valence-electron chi connectivity index (χ1n) is 12.8. The van der Waals surface area contributed by atoms with Crippen LogP contribution in [0.2, 0.25) is 0 Å². The number of hydrogen-bond donors (Lipinski definition) is 3. The predicted octanol–water partition coefficient (Wildman–Crippen LogP) is 3.71. The summed E-state index contributed by atoms with van der Waals surface area (Å²) < 4.78 is 5.30. The molecule has 1 aromatic heterocycles. The van der Waals surface area contributed by atoms with Crippen LogP contribution < -0.4 is 10.6 Å². The van der Waals surface area contributed by atoms with Crippen molar-refractivity contribution in [3.8, 4) is 0 Å². The molecule has 3 aromatic rings. The average Bonchev–Trinajstić information content (AvgIpc) is 3.49. The number of nitrogens with one attached hydrogen (secondary N) is 3. The topological polar surface area (TPSA) is 116 Å². The van der Waals surface area contributed by atoms with Gasteiger partial charge < -0.3 is 25.3 Å². The van der Waals surface area contributed by atoms with Gasteiger partial charge in [-0.3, -0.25) is 9.59 Å². The number of benzene rings is 2. The van der Waals surface area contributed by atoms with Crippen molar-refractivity contribution in [1.82, 2.24) is 25.5 Å². The van der Waals surface area contributed by atoms with Crippen molar-refractivity contribution in [2.24, 2.45) is 0 Å². The number of imidazole rings is 1. The van der Waals surface area contributed by atoms with E-state index in [-0.39, 0.29) is 36.9 Å². The van der Waals surface area contributed by atoms with Gasteiger partial charge in [-0.1, -0.05) is 74.5 Å². The van der Waals surface area contributed by atoms with Crippen LogP contribution >= 0.6 is 11.8 Å². The third kappa shape index (κ3) is 9.47. The molecule has 0 spiro atoms. The van der Waals surface area contributed by atoms with E-state index < -0.39 is 12.0 Å². The molecule has 208 valence electrons. The zero-order valence-electron chi connectivity index (χ0n) is 22.7. The van der Waals surface area contributed by atoms with Gasteiger partial charge in [0.05, 0.1) is 18.8 Å². The van der Waals surface area contributed by atoms with Gasteiger partial charge in [0.25, 0.3) is 0 Å². The lowest BCUT2D eigenvalue weighted by Gasteiger charge is -2.29. The number of amides is 3. The van der Waals surface area contributed by atoms with Gasteiger partial charge in [0.2, 0.25) is 11.8 Å². The lowest BCUT2D eigenvalue weighted by Crippen LogP contribution is -2.47. The molecule has 0 aliphatic rings. The zero-order chi connectivity index (χ0) is 28.1. The molecular weight excluding hydrogens is 514 g/mol. The second kappa shape index (κ2) is 15.0. The summed E-state index contributed by atoms with van der Waals surface area (Å²) >= 11 is 1.59. The molecule has 0 aliphatic carbocycles. The van der Waals surface area contributed by atoms with Crippen molar-refractivity contribution in [1.29, 1.82) is 0 Å². The van der Waals surface area contributed by atoms with Crippen LogP contribution in [0.3, 0.4) is 0 Å².